The number of aryl methyl sites for hydroxylation is 1. The van der Waals surface area contributed by atoms with E-state index in [0.29, 0.717) is 6.04 Å². The molecule has 1 unspecified atom stereocenters. The Labute approximate surface area is 132 Å². The lowest BCUT2D eigenvalue weighted by Crippen LogP contribution is -2.19. The largest absolute Gasteiger partial charge is 0.310 e. The van der Waals surface area contributed by atoms with Crippen molar-refractivity contribution in [3.8, 4) is 0 Å². The van der Waals surface area contributed by atoms with Gasteiger partial charge in [0.15, 0.2) is 0 Å². The van der Waals surface area contributed by atoms with Crippen LogP contribution in [0.3, 0.4) is 0 Å². The smallest absolute Gasteiger partial charge is 0.0300 e. The number of hydrogen-bond donors (Lipinski definition) is 1. The highest BCUT2D eigenvalue weighted by Gasteiger charge is 2.04. The van der Waals surface area contributed by atoms with Crippen LogP contribution in [0.2, 0.25) is 0 Å². The first-order valence-corrected chi connectivity index (χ1v) is 8.63. The van der Waals surface area contributed by atoms with Gasteiger partial charge in [-0.2, -0.15) is 0 Å². The van der Waals surface area contributed by atoms with Crippen molar-refractivity contribution in [3.05, 3.63) is 59.9 Å². The van der Waals surface area contributed by atoms with Crippen molar-refractivity contribution >= 4 is 11.8 Å². The summed E-state index contributed by atoms with van der Waals surface area (Å²) in [5.74, 6) is 1.09. The lowest BCUT2D eigenvalue weighted by molar-refractivity contribution is 0.570. The molecule has 2 aromatic rings. The second kappa shape index (κ2) is 8.85. The third kappa shape index (κ3) is 5.52. The molecule has 1 atom stereocenters. The number of rotatable bonds is 8. The standard InChI is InChI=1S/C18H24N2S/c1-3-11-20-15(2)17-6-8-18(9-7-17)21-13-10-16-5-4-12-19-14-16/h4-9,12,14-15,20H,3,10-11,13H2,1-2H3. The minimum Gasteiger partial charge on any atom is -0.310 e. The van der Waals surface area contributed by atoms with Crippen LogP contribution in [0.5, 0.6) is 0 Å². The molecule has 0 aliphatic heterocycles. The van der Waals surface area contributed by atoms with Gasteiger partial charge < -0.3 is 5.32 Å². The summed E-state index contributed by atoms with van der Waals surface area (Å²) in [4.78, 5) is 5.49. The highest BCUT2D eigenvalue weighted by atomic mass is 32.2. The average Bonchev–Trinajstić information content (AvgIpc) is 2.54. The van der Waals surface area contributed by atoms with Crippen LogP contribution in [0, 0.1) is 0 Å². The second-order valence-electron chi connectivity index (χ2n) is 5.20. The molecule has 0 fully saturated rings. The number of aromatic nitrogens is 1. The van der Waals surface area contributed by atoms with Crippen LogP contribution in [0.1, 0.15) is 37.4 Å². The monoisotopic (exact) mass is 300 g/mol. The van der Waals surface area contributed by atoms with Gasteiger partial charge in [0, 0.05) is 29.1 Å². The Kier molecular flexibility index (Phi) is 6.77. The van der Waals surface area contributed by atoms with E-state index < -0.39 is 0 Å². The molecule has 0 aliphatic carbocycles. The van der Waals surface area contributed by atoms with Gasteiger partial charge in [-0.15, -0.1) is 11.8 Å². The Morgan fingerprint density at radius 1 is 1.19 bits per heavy atom. The predicted octanol–water partition coefficient (Wildman–Crippen LogP) is 4.48. The first-order chi connectivity index (χ1) is 10.3. The van der Waals surface area contributed by atoms with Crippen molar-refractivity contribution < 1.29 is 0 Å². The highest BCUT2D eigenvalue weighted by molar-refractivity contribution is 7.99. The van der Waals surface area contributed by atoms with Gasteiger partial charge in [-0.05, 0) is 55.6 Å². The van der Waals surface area contributed by atoms with Crippen molar-refractivity contribution in [2.75, 3.05) is 12.3 Å². The van der Waals surface area contributed by atoms with E-state index in [-0.39, 0.29) is 0 Å². The molecule has 1 heterocycles. The highest BCUT2D eigenvalue weighted by Crippen LogP contribution is 2.22. The minimum atomic E-state index is 0.430. The molecular weight excluding hydrogens is 276 g/mol. The molecule has 0 amide bonds. The van der Waals surface area contributed by atoms with Crippen molar-refractivity contribution in [1.82, 2.24) is 10.3 Å². The molecule has 21 heavy (non-hydrogen) atoms. The summed E-state index contributed by atoms with van der Waals surface area (Å²) in [6.07, 6.45) is 6.01. The van der Waals surface area contributed by atoms with Crippen LogP contribution >= 0.6 is 11.8 Å². The van der Waals surface area contributed by atoms with Crippen molar-refractivity contribution in [2.24, 2.45) is 0 Å². The quantitative estimate of drug-likeness (QED) is 0.728. The first kappa shape index (κ1) is 16.1. The molecule has 2 rings (SSSR count). The molecule has 1 aromatic heterocycles. The van der Waals surface area contributed by atoms with Crippen LogP contribution in [0.25, 0.3) is 0 Å². The SMILES string of the molecule is CCCNC(C)c1ccc(SCCc2cccnc2)cc1. The van der Waals surface area contributed by atoms with Crippen LogP contribution in [0.15, 0.2) is 53.7 Å². The molecule has 0 spiro atoms. The van der Waals surface area contributed by atoms with Crippen LogP contribution < -0.4 is 5.32 Å². The maximum atomic E-state index is 4.15. The maximum Gasteiger partial charge on any atom is 0.0300 e. The summed E-state index contributed by atoms with van der Waals surface area (Å²) in [6, 6.07) is 13.5. The third-order valence-electron chi connectivity index (χ3n) is 3.46. The van der Waals surface area contributed by atoms with Crippen LogP contribution in [-0.4, -0.2) is 17.3 Å². The molecule has 0 saturated heterocycles. The summed E-state index contributed by atoms with van der Waals surface area (Å²) in [5.41, 5.74) is 2.67. The zero-order valence-electron chi connectivity index (χ0n) is 12.9. The Bertz CT molecular complexity index is 511. The molecule has 3 heteroatoms. The molecule has 1 aromatic carbocycles. The number of thioether (sulfide) groups is 1. The minimum absolute atomic E-state index is 0.430. The van der Waals surface area contributed by atoms with Gasteiger partial charge in [-0.1, -0.05) is 25.1 Å². The third-order valence-corrected chi connectivity index (χ3v) is 4.48. The molecule has 0 bridgehead atoms. The molecular formula is C18H24N2S. The Morgan fingerprint density at radius 3 is 2.67 bits per heavy atom. The molecule has 1 N–H and O–H groups in total. The molecule has 112 valence electrons. The lowest BCUT2D eigenvalue weighted by atomic mass is 10.1. The molecule has 2 nitrogen and oxygen atoms in total. The fourth-order valence-corrected chi connectivity index (χ4v) is 3.07. The number of benzene rings is 1. The van der Waals surface area contributed by atoms with Gasteiger partial charge in [0.2, 0.25) is 0 Å². The lowest BCUT2D eigenvalue weighted by Gasteiger charge is -2.14. The summed E-state index contributed by atoms with van der Waals surface area (Å²) >= 11 is 1.91. The van der Waals surface area contributed by atoms with E-state index in [2.05, 4.69) is 54.5 Å². The number of hydrogen-bond acceptors (Lipinski definition) is 3. The fraction of sp³-hybridized carbons (Fsp3) is 0.389. The summed E-state index contributed by atoms with van der Waals surface area (Å²) < 4.78 is 0. The van der Waals surface area contributed by atoms with E-state index in [4.69, 9.17) is 0 Å². The van der Waals surface area contributed by atoms with Gasteiger partial charge in [0.25, 0.3) is 0 Å². The first-order valence-electron chi connectivity index (χ1n) is 7.64. The summed E-state index contributed by atoms with van der Waals surface area (Å²) in [5, 5.41) is 3.52. The summed E-state index contributed by atoms with van der Waals surface area (Å²) in [7, 11) is 0. The zero-order valence-corrected chi connectivity index (χ0v) is 13.7. The molecule has 0 aliphatic rings. The van der Waals surface area contributed by atoms with E-state index in [9.17, 15) is 0 Å². The molecule has 0 saturated carbocycles. The Morgan fingerprint density at radius 2 is 2.00 bits per heavy atom. The van der Waals surface area contributed by atoms with Crippen molar-refractivity contribution in [2.45, 2.75) is 37.6 Å². The second-order valence-corrected chi connectivity index (χ2v) is 6.37. The van der Waals surface area contributed by atoms with E-state index in [1.54, 1.807) is 0 Å². The van der Waals surface area contributed by atoms with Gasteiger partial charge in [-0.3, -0.25) is 4.98 Å². The van der Waals surface area contributed by atoms with E-state index >= 15 is 0 Å². The fourth-order valence-electron chi connectivity index (χ4n) is 2.16. The Hall–Kier alpha value is -1.32. The normalized spacial score (nSPS) is 12.3. The predicted molar refractivity (Wildman–Crippen MR) is 91.8 cm³/mol. The van der Waals surface area contributed by atoms with Crippen LogP contribution in [-0.2, 0) is 6.42 Å². The van der Waals surface area contributed by atoms with Gasteiger partial charge in [-0.25, -0.2) is 0 Å². The average molecular weight is 300 g/mol. The van der Waals surface area contributed by atoms with Gasteiger partial charge in [0.1, 0.15) is 0 Å². The zero-order chi connectivity index (χ0) is 14.9. The van der Waals surface area contributed by atoms with Crippen LogP contribution in [0.4, 0.5) is 0 Å². The van der Waals surface area contributed by atoms with Gasteiger partial charge in [0.05, 0.1) is 0 Å². The maximum absolute atomic E-state index is 4.15. The number of nitrogens with one attached hydrogen (secondary N) is 1. The van der Waals surface area contributed by atoms with Crippen molar-refractivity contribution in [1.29, 1.82) is 0 Å². The van der Waals surface area contributed by atoms with E-state index in [1.807, 2.05) is 30.2 Å². The number of nitrogens with zero attached hydrogens (tertiary/aromatic N) is 1. The van der Waals surface area contributed by atoms with E-state index in [0.717, 1.165) is 18.7 Å². The topological polar surface area (TPSA) is 24.9 Å². The Balaban J connectivity index is 1.79. The summed E-state index contributed by atoms with van der Waals surface area (Å²) in [6.45, 7) is 5.49. The van der Waals surface area contributed by atoms with Gasteiger partial charge >= 0.3 is 0 Å². The van der Waals surface area contributed by atoms with E-state index in [1.165, 1.54) is 22.4 Å². The number of pyridine rings is 1. The van der Waals surface area contributed by atoms with Crippen molar-refractivity contribution in [3.63, 3.8) is 0 Å². The molecule has 0 radical (unpaired) electrons.